The summed E-state index contributed by atoms with van der Waals surface area (Å²) in [5, 5.41) is 0. The minimum atomic E-state index is -0.0229. The minimum absolute atomic E-state index is 0.0229. The second kappa shape index (κ2) is 6.73. The SMILES string of the molecule is CCc1ccc(/C=C2/SC(=S)N(Cc3cccnc3)C2=O)s1. The number of aromatic nitrogens is 1. The molecule has 0 N–H and O–H groups in total. The van der Waals surface area contributed by atoms with E-state index in [4.69, 9.17) is 12.2 Å². The van der Waals surface area contributed by atoms with Gasteiger partial charge in [0.25, 0.3) is 5.91 Å². The van der Waals surface area contributed by atoms with Gasteiger partial charge in [-0.2, -0.15) is 0 Å². The Kier molecular flexibility index (Phi) is 4.71. The number of thioether (sulfide) groups is 1. The molecular formula is C16H14N2OS3. The number of aryl methyl sites for hydroxylation is 1. The van der Waals surface area contributed by atoms with Gasteiger partial charge in [0.2, 0.25) is 0 Å². The van der Waals surface area contributed by atoms with Crippen molar-refractivity contribution in [2.24, 2.45) is 0 Å². The monoisotopic (exact) mass is 346 g/mol. The number of hydrogen-bond acceptors (Lipinski definition) is 5. The number of hydrogen-bond donors (Lipinski definition) is 0. The van der Waals surface area contributed by atoms with Gasteiger partial charge in [0.1, 0.15) is 4.32 Å². The van der Waals surface area contributed by atoms with Crippen LogP contribution in [-0.4, -0.2) is 20.1 Å². The number of pyridine rings is 1. The molecule has 3 rings (SSSR count). The second-order valence-electron chi connectivity index (χ2n) is 4.79. The van der Waals surface area contributed by atoms with Crippen LogP contribution in [0.25, 0.3) is 6.08 Å². The molecule has 2 aromatic rings. The Morgan fingerprint density at radius 1 is 1.36 bits per heavy atom. The molecule has 1 amide bonds. The fraction of sp³-hybridized carbons (Fsp3) is 0.188. The lowest BCUT2D eigenvalue weighted by molar-refractivity contribution is -0.122. The maximum atomic E-state index is 12.5. The first kappa shape index (κ1) is 15.4. The predicted octanol–water partition coefficient (Wildman–Crippen LogP) is 4.11. The summed E-state index contributed by atoms with van der Waals surface area (Å²) in [5.41, 5.74) is 0.976. The molecule has 1 aliphatic rings. The average molecular weight is 347 g/mol. The van der Waals surface area contributed by atoms with Gasteiger partial charge in [-0.3, -0.25) is 14.7 Å². The number of thiophene rings is 1. The van der Waals surface area contributed by atoms with Gasteiger partial charge in [0.05, 0.1) is 11.4 Å². The lowest BCUT2D eigenvalue weighted by Gasteiger charge is -2.13. The molecule has 2 aromatic heterocycles. The summed E-state index contributed by atoms with van der Waals surface area (Å²) in [5.74, 6) is -0.0229. The topological polar surface area (TPSA) is 33.2 Å². The third kappa shape index (κ3) is 3.29. The zero-order chi connectivity index (χ0) is 15.5. The highest BCUT2D eigenvalue weighted by Gasteiger charge is 2.32. The van der Waals surface area contributed by atoms with Crippen LogP contribution in [0.5, 0.6) is 0 Å². The van der Waals surface area contributed by atoms with E-state index in [1.165, 1.54) is 16.6 Å². The van der Waals surface area contributed by atoms with Crippen LogP contribution in [0, 0.1) is 0 Å². The molecule has 1 saturated heterocycles. The molecule has 0 saturated carbocycles. The maximum absolute atomic E-state index is 12.5. The largest absolute Gasteiger partial charge is 0.288 e. The molecule has 0 aliphatic carbocycles. The van der Waals surface area contributed by atoms with E-state index in [0.717, 1.165) is 16.9 Å². The van der Waals surface area contributed by atoms with Crippen molar-refractivity contribution in [2.75, 3.05) is 0 Å². The van der Waals surface area contributed by atoms with E-state index in [-0.39, 0.29) is 5.91 Å². The highest BCUT2D eigenvalue weighted by molar-refractivity contribution is 8.26. The smallest absolute Gasteiger partial charge is 0.266 e. The van der Waals surface area contributed by atoms with Crippen LogP contribution in [0.15, 0.2) is 41.6 Å². The Hall–Kier alpha value is -1.50. The molecule has 0 bridgehead atoms. The van der Waals surface area contributed by atoms with Gasteiger partial charge < -0.3 is 0 Å². The lowest BCUT2D eigenvalue weighted by Crippen LogP contribution is -2.27. The van der Waals surface area contributed by atoms with Gasteiger partial charge in [-0.1, -0.05) is 37.0 Å². The standard InChI is InChI=1S/C16H14N2OS3/c1-2-12-5-6-13(21-12)8-14-15(19)18(16(20)22-14)10-11-4-3-7-17-9-11/h3-9H,2,10H2,1H3/b14-8+. The predicted molar refractivity (Wildman–Crippen MR) is 96.7 cm³/mol. The van der Waals surface area contributed by atoms with Crippen LogP contribution in [0.2, 0.25) is 0 Å². The summed E-state index contributed by atoms with van der Waals surface area (Å²) >= 11 is 8.43. The fourth-order valence-electron chi connectivity index (χ4n) is 2.10. The summed E-state index contributed by atoms with van der Waals surface area (Å²) in [7, 11) is 0. The van der Waals surface area contributed by atoms with Gasteiger partial charge >= 0.3 is 0 Å². The third-order valence-corrected chi connectivity index (χ3v) is 5.80. The zero-order valence-corrected chi connectivity index (χ0v) is 14.4. The maximum Gasteiger partial charge on any atom is 0.266 e. The quantitative estimate of drug-likeness (QED) is 0.616. The van der Waals surface area contributed by atoms with Crippen molar-refractivity contribution in [1.29, 1.82) is 0 Å². The van der Waals surface area contributed by atoms with Crippen LogP contribution in [0.4, 0.5) is 0 Å². The molecule has 22 heavy (non-hydrogen) atoms. The van der Waals surface area contributed by atoms with Crippen LogP contribution in [-0.2, 0) is 17.8 Å². The Morgan fingerprint density at radius 2 is 2.23 bits per heavy atom. The van der Waals surface area contributed by atoms with Crippen LogP contribution in [0.3, 0.4) is 0 Å². The van der Waals surface area contributed by atoms with Gasteiger partial charge in [0.15, 0.2) is 0 Å². The van der Waals surface area contributed by atoms with E-state index in [2.05, 4.69) is 24.0 Å². The number of carbonyl (C=O) groups is 1. The van der Waals surface area contributed by atoms with Crippen molar-refractivity contribution in [3.63, 3.8) is 0 Å². The second-order valence-corrected chi connectivity index (χ2v) is 7.66. The lowest BCUT2D eigenvalue weighted by atomic mass is 10.2. The molecule has 3 heterocycles. The van der Waals surface area contributed by atoms with Gasteiger partial charge in [-0.15, -0.1) is 11.3 Å². The molecule has 0 atom stereocenters. The van der Waals surface area contributed by atoms with E-state index in [1.54, 1.807) is 28.6 Å². The highest BCUT2D eigenvalue weighted by Crippen LogP contribution is 2.34. The molecule has 6 heteroatoms. The third-order valence-electron chi connectivity index (χ3n) is 3.24. The van der Waals surface area contributed by atoms with E-state index in [9.17, 15) is 4.79 Å². The number of carbonyl (C=O) groups excluding carboxylic acids is 1. The number of nitrogens with zero attached hydrogens (tertiary/aromatic N) is 2. The molecule has 0 aromatic carbocycles. The van der Waals surface area contributed by atoms with Crippen LogP contribution >= 0.6 is 35.3 Å². The van der Waals surface area contributed by atoms with Crippen molar-refractivity contribution in [1.82, 2.24) is 9.88 Å². The normalized spacial score (nSPS) is 16.8. The van der Waals surface area contributed by atoms with Gasteiger partial charge in [0, 0.05) is 22.1 Å². The first-order valence-corrected chi connectivity index (χ1v) is 8.94. The highest BCUT2D eigenvalue weighted by atomic mass is 32.2. The fourth-order valence-corrected chi connectivity index (χ4v) is 4.32. The van der Waals surface area contributed by atoms with Crippen molar-refractivity contribution < 1.29 is 4.79 Å². The molecule has 3 nitrogen and oxygen atoms in total. The van der Waals surface area contributed by atoms with Crippen LogP contribution in [0.1, 0.15) is 22.2 Å². The molecule has 112 valence electrons. The molecule has 1 aliphatic heterocycles. The summed E-state index contributed by atoms with van der Waals surface area (Å²) in [6.45, 7) is 2.60. The Labute approximate surface area is 143 Å². The van der Waals surface area contributed by atoms with E-state index in [0.29, 0.717) is 15.8 Å². The minimum Gasteiger partial charge on any atom is -0.288 e. The van der Waals surface area contributed by atoms with Crippen LogP contribution < -0.4 is 0 Å². The first-order valence-electron chi connectivity index (χ1n) is 6.90. The van der Waals surface area contributed by atoms with Crippen molar-refractivity contribution in [2.45, 2.75) is 19.9 Å². The Balaban J connectivity index is 1.79. The molecular weight excluding hydrogens is 332 g/mol. The number of amides is 1. The summed E-state index contributed by atoms with van der Waals surface area (Å²) < 4.78 is 0.604. The molecule has 0 radical (unpaired) electrons. The van der Waals surface area contributed by atoms with E-state index >= 15 is 0 Å². The zero-order valence-electron chi connectivity index (χ0n) is 12.0. The van der Waals surface area contributed by atoms with Gasteiger partial charge in [-0.25, -0.2) is 0 Å². The molecule has 1 fully saturated rings. The number of thiocarbonyl (C=S) groups is 1. The van der Waals surface area contributed by atoms with Crippen molar-refractivity contribution >= 4 is 51.6 Å². The van der Waals surface area contributed by atoms with Gasteiger partial charge in [-0.05, 0) is 36.3 Å². The summed E-state index contributed by atoms with van der Waals surface area (Å²) in [6, 6.07) is 7.97. The van der Waals surface area contributed by atoms with E-state index < -0.39 is 0 Å². The molecule has 0 spiro atoms. The Bertz CT molecular complexity index is 737. The number of rotatable bonds is 4. The molecule has 0 unspecified atom stereocenters. The van der Waals surface area contributed by atoms with Crippen molar-refractivity contribution in [3.05, 3.63) is 56.9 Å². The average Bonchev–Trinajstić information content (AvgIpc) is 3.09. The van der Waals surface area contributed by atoms with Crippen molar-refractivity contribution in [3.8, 4) is 0 Å². The summed E-state index contributed by atoms with van der Waals surface area (Å²) in [4.78, 5) is 21.4. The first-order chi connectivity index (χ1) is 10.7. The van der Waals surface area contributed by atoms with E-state index in [1.807, 2.05) is 18.2 Å². The Morgan fingerprint density at radius 3 is 2.91 bits per heavy atom. The summed E-state index contributed by atoms with van der Waals surface area (Å²) in [6.07, 6.45) is 6.43.